The average molecular weight is 463 g/mol. The summed E-state index contributed by atoms with van der Waals surface area (Å²) in [5, 5.41) is 10.0. The summed E-state index contributed by atoms with van der Waals surface area (Å²) in [6.45, 7) is 0. The minimum Gasteiger partial charge on any atom is -0.457 e. The van der Waals surface area contributed by atoms with Gasteiger partial charge in [-0.25, -0.2) is 14.2 Å². The van der Waals surface area contributed by atoms with E-state index in [1.807, 2.05) is 30.3 Å². The minimum absolute atomic E-state index is 0.0556. The molecule has 1 heterocycles. The van der Waals surface area contributed by atoms with Gasteiger partial charge < -0.3 is 15.4 Å². The van der Waals surface area contributed by atoms with Gasteiger partial charge in [0.2, 0.25) is 5.91 Å². The van der Waals surface area contributed by atoms with Crippen molar-refractivity contribution in [2.45, 2.75) is 6.42 Å². The molecule has 4 rings (SSSR count). The van der Waals surface area contributed by atoms with Gasteiger partial charge in [0.15, 0.2) is 5.13 Å². The van der Waals surface area contributed by atoms with Gasteiger partial charge in [0, 0.05) is 16.8 Å². The zero-order chi connectivity index (χ0) is 23.0. The molecule has 3 aromatic carbocycles. The summed E-state index contributed by atoms with van der Waals surface area (Å²) in [6, 6.07) is 21.4. The van der Waals surface area contributed by atoms with Crippen LogP contribution in [-0.4, -0.2) is 16.9 Å². The molecule has 0 bridgehead atoms. The number of para-hydroxylation sites is 1. The topological polar surface area (TPSA) is 92.4 Å². The fraction of sp³-hybridized carbons (Fsp3) is 0.0417. The highest BCUT2D eigenvalue weighted by molar-refractivity contribution is 7.14. The standard InChI is InChI=1S/C24H19FN4O3S/c25-16-6-8-18(9-7-16)27-23(31)29-24-28-19(15-33-24)14-22(30)26-17-10-12-21(13-11-17)32-20-4-2-1-3-5-20/h1-13,15H,14H2,(H,26,30)(H2,27,28,29,31). The summed E-state index contributed by atoms with van der Waals surface area (Å²) in [4.78, 5) is 28.6. The molecule has 4 aromatic rings. The highest BCUT2D eigenvalue weighted by Crippen LogP contribution is 2.23. The molecule has 0 aliphatic carbocycles. The van der Waals surface area contributed by atoms with Crippen molar-refractivity contribution < 1.29 is 18.7 Å². The second kappa shape index (κ2) is 10.4. The summed E-state index contributed by atoms with van der Waals surface area (Å²) in [6.07, 6.45) is 0.0556. The van der Waals surface area contributed by atoms with Crippen LogP contribution in [0.2, 0.25) is 0 Å². The van der Waals surface area contributed by atoms with E-state index in [1.165, 1.54) is 35.6 Å². The third-order valence-corrected chi connectivity index (χ3v) is 5.14. The van der Waals surface area contributed by atoms with Crippen molar-refractivity contribution in [1.82, 2.24) is 4.98 Å². The first-order valence-electron chi connectivity index (χ1n) is 9.94. The van der Waals surface area contributed by atoms with Gasteiger partial charge in [-0.1, -0.05) is 18.2 Å². The van der Waals surface area contributed by atoms with Crippen molar-refractivity contribution in [1.29, 1.82) is 0 Å². The Labute approximate surface area is 193 Å². The molecular weight excluding hydrogens is 443 g/mol. The average Bonchev–Trinajstić information content (AvgIpc) is 3.23. The van der Waals surface area contributed by atoms with Crippen molar-refractivity contribution in [2.24, 2.45) is 0 Å². The van der Waals surface area contributed by atoms with E-state index in [-0.39, 0.29) is 18.1 Å². The summed E-state index contributed by atoms with van der Waals surface area (Å²) in [7, 11) is 0. The lowest BCUT2D eigenvalue weighted by atomic mass is 10.2. The van der Waals surface area contributed by atoms with Crippen molar-refractivity contribution in [2.75, 3.05) is 16.0 Å². The first-order valence-corrected chi connectivity index (χ1v) is 10.8. The second-order valence-corrected chi connectivity index (χ2v) is 7.75. The number of hydrogen-bond acceptors (Lipinski definition) is 5. The zero-order valence-corrected chi connectivity index (χ0v) is 18.1. The lowest BCUT2D eigenvalue weighted by molar-refractivity contribution is -0.115. The molecule has 0 unspecified atom stereocenters. The second-order valence-electron chi connectivity index (χ2n) is 6.89. The minimum atomic E-state index is -0.509. The van der Waals surface area contributed by atoms with Gasteiger partial charge in [-0.05, 0) is 60.7 Å². The van der Waals surface area contributed by atoms with Crippen molar-refractivity contribution >= 4 is 39.8 Å². The number of amides is 3. The molecule has 9 heteroatoms. The normalized spacial score (nSPS) is 10.3. The van der Waals surface area contributed by atoms with Gasteiger partial charge in [-0.2, -0.15) is 0 Å². The number of benzene rings is 3. The zero-order valence-electron chi connectivity index (χ0n) is 17.2. The smallest absolute Gasteiger partial charge is 0.325 e. The number of rotatable bonds is 7. The van der Waals surface area contributed by atoms with E-state index in [1.54, 1.807) is 29.6 Å². The Hall–Kier alpha value is -4.24. The summed E-state index contributed by atoms with van der Waals surface area (Å²) in [5.41, 5.74) is 1.61. The fourth-order valence-corrected chi connectivity index (χ4v) is 3.54. The van der Waals surface area contributed by atoms with E-state index in [0.717, 1.165) is 5.75 Å². The lowest BCUT2D eigenvalue weighted by Gasteiger charge is -2.08. The van der Waals surface area contributed by atoms with Crippen LogP contribution in [-0.2, 0) is 11.2 Å². The molecule has 0 saturated carbocycles. The van der Waals surface area contributed by atoms with Crippen LogP contribution in [0.15, 0.2) is 84.2 Å². The third-order valence-electron chi connectivity index (χ3n) is 4.33. The number of urea groups is 1. The molecule has 3 amide bonds. The largest absolute Gasteiger partial charge is 0.457 e. The Morgan fingerprint density at radius 3 is 2.18 bits per heavy atom. The maximum Gasteiger partial charge on any atom is 0.325 e. The van der Waals surface area contributed by atoms with Crippen LogP contribution in [0.1, 0.15) is 5.69 Å². The molecule has 0 saturated heterocycles. The van der Waals surface area contributed by atoms with E-state index in [4.69, 9.17) is 4.74 Å². The van der Waals surface area contributed by atoms with E-state index in [2.05, 4.69) is 20.9 Å². The number of carbonyl (C=O) groups is 2. The van der Waals surface area contributed by atoms with Crippen LogP contribution in [0.5, 0.6) is 11.5 Å². The van der Waals surface area contributed by atoms with Gasteiger partial charge in [-0.15, -0.1) is 11.3 Å². The van der Waals surface area contributed by atoms with Crippen LogP contribution in [0, 0.1) is 5.82 Å². The molecule has 7 nitrogen and oxygen atoms in total. The maximum absolute atomic E-state index is 12.9. The first kappa shape index (κ1) is 22.0. The van der Waals surface area contributed by atoms with Crippen molar-refractivity contribution in [3.8, 4) is 11.5 Å². The Bertz CT molecular complexity index is 1230. The van der Waals surface area contributed by atoms with Crippen LogP contribution < -0.4 is 20.7 Å². The molecule has 0 radical (unpaired) electrons. The predicted molar refractivity (Wildman–Crippen MR) is 126 cm³/mol. The first-order chi connectivity index (χ1) is 16.0. The van der Waals surface area contributed by atoms with Gasteiger partial charge in [0.25, 0.3) is 0 Å². The highest BCUT2D eigenvalue weighted by Gasteiger charge is 2.11. The fourth-order valence-electron chi connectivity index (χ4n) is 2.84. The number of anilines is 3. The van der Waals surface area contributed by atoms with Crippen LogP contribution in [0.4, 0.5) is 25.7 Å². The van der Waals surface area contributed by atoms with E-state index < -0.39 is 6.03 Å². The number of carbonyl (C=O) groups excluding carboxylic acids is 2. The molecule has 0 aliphatic rings. The Kier molecular flexibility index (Phi) is 6.91. The van der Waals surface area contributed by atoms with E-state index in [0.29, 0.717) is 27.9 Å². The van der Waals surface area contributed by atoms with E-state index in [9.17, 15) is 14.0 Å². The van der Waals surface area contributed by atoms with Gasteiger partial charge in [-0.3, -0.25) is 10.1 Å². The molecule has 3 N–H and O–H groups in total. The molecule has 33 heavy (non-hydrogen) atoms. The number of hydrogen-bond donors (Lipinski definition) is 3. The molecule has 166 valence electrons. The number of nitrogens with one attached hydrogen (secondary N) is 3. The Balaban J connectivity index is 1.26. The maximum atomic E-state index is 12.9. The number of halogens is 1. The number of nitrogens with zero attached hydrogens (tertiary/aromatic N) is 1. The molecule has 0 aliphatic heterocycles. The Morgan fingerprint density at radius 2 is 1.45 bits per heavy atom. The predicted octanol–water partition coefficient (Wildman–Crippen LogP) is 5.90. The van der Waals surface area contributed by atoms with Gasteiger partial charge in [0.05, 0.1) is 12.1 Å². The third kappa shape index (κ3) is 6.62. The molecule has 0 atom stereocenters. The molecule has 0 fully saturated rings. The van der Waals surface area contributed by atoms with Crippen molar-refractivity contribution in [3.05, 3.63) is 95.8 Å². The van der Waals surface area contributed by atoms with E-state index >= 15 is 0 Å². The summed E-state index contributed by atoms with van der Waals surface area (Å²) < 4.78 is 18.7. The lowest BCUT2D eigenvalue weighted by Crippen LogP contribution is -2.19. The van der Waals surface area contributed by atoms with Crippen LogP contribution in [0.3, 0.4) is 0 Å². The summed E-state index contributed by atoms with van der Waals surface area (Å²) in [5.74, 6) is 0.765. The molecule has 1 aromatic heterocycles. The number of thiazole rings is 1. The van der Waals surface area contributed by atoms with Crippen molar-refractivity contribution in [3.63, 3.8) is 0 Å². The quantitative estimate of drug-likeness (QED) is 0.319. The van der Waals surface area contributed by atoms with Gasteiger partial charge in [0.1, 0.15) is 17.3 Å². The number of aromatic nitrogens is 1. The molecular formula is C24H19FN4O3S. The monoisotopic (exact) mass is 462 g/mol. The van der Waals surface area contributed by atoms with Gasteiger partial charge >= 0.3 is 6.03 Å². The summed E-state index contributed by atoms with van der Waals surface area (Å²) >= 11 is 1.20. The molecule has 0 spiro atoms. The Morgan fingerprint density at radius 1 is 0.818 bits per heavy atom. The van der Waals surface area contributed by atoms with Crippen LogP contribution >= 0.6 is 11.3 Å². The van der Waals surface area contributed by atoms with Crippen LogP contribution in [0.25, 0.3) is 0 Å². The highest BCUT2D eigenvalue weighted by atomic mass is 32.1. The number of ether oxygens (including phenoxy) is 1. The SMILES string of the molecule is O=C(Cc1csc(NC(=O)Nc2ccc(F)cc2)n1)Nc1ccc(Oc2ccccc2)cc1.